The van der Waals surface area contributed by atoms with E-state index in [9.17, 15) is 9.59 Å². The van der Waals surface area contributed by atoms with E-state index in [-0.39, 0.29) is 11.8 Å². The van der Waals surface area contributed by atoms with Crippen molar-refractivity contribution < 1.29 is 14.3 Å². The molecule has 30 heavy (non-hydrogen) atoms. The fraction of sp³-hybridized carbons (Fsp3) is 0.913. The Morgan fingerprint density at radius 2 is 1.03 bits per heavy atom. The summed E-state index contributed by atoms with van der Waals surface area (Å²) in [6.45, 7) is 10.9. The SMILES string of the molecule is CCNCCCCCCNC(=O)CCCOCCC(=O)NCCCCCCNCC. The number of nitrogens with one attached hydrogen (secondary N) is 4. The summed E-state index contributed by atoms with van der Waals surface area (Å²) >= 11 is 0. The van der Waals surface area contributed by atoms with Crippen molar-refractivity contribution in [2.24, 2.45) is 0 Å². The molecule has 0 aromatic carbocycles. The highest BCUT2D eigenvalue weighted by molar-refractivity contribution is 5.76. The van der Waals surface area contributed by atoms with Crippen molar-refractivity contribution in [3.63, 3.8) is 0 Å². The molecule has 0 unspecified atom stereocenters. The molecule has 7 nitrogen and oxygen atoms in total. The summed E-state index contributed by atoms with van der Waals surface area (Å²) in [6, 6.07) is 0. The predicted octanol–water partition coefficient (Wildman–Crippen LogP) is 2.75. The van der Waals surface area contributed by atoms with Gasteiger partial charge in [0, 0.05) is 32.5 Å². The Labute approximate surface area is 184 Å². The second-order valence-corrected chi connectivity index (χ2v) is 7.70. The number of hydrogen-bond acceptors (Lipinski definition) is 5. The molecule has 7 heteroatoms. The first-order chi connectivity index (χ1) is 14.7. The van der Waals surface area contributed by atoms with Crippen LogP contribution in [0.25, 0.3) is 0 Å². The minimum Gasteiger partial charge on any atom is -0.381 e. The second-order valence-electron chi connectivity index (χ2n) is 7.70. The maximum atomic E-state index is 11.8. The van der Waals surface area contributed by atoms with Gasteiger partial charge in [-0.3, -0.25) is 9.59 Å². The molecule has 0 rings (SSSR count). The van der Waals surface area contributed by atoms with Gasteiger partial charge in [0.15, 0.2) is 0 Å². The molecule has 0 heterocycles. The van der Waals surface area contributed by atoms with Crippen LogP contribution in [0.5, 0.6) is 0 Å². The first kappa shape index (κ1) is 28.8. The van der Waals surface area contributed by atoms with Crippen molar-refractivity contribution in [1.29, 1.82) is 0 Å². The molecule has 2 amide bonds. The van der Waals surface area contributed by atoms with Crippen molar-refractivity contribution in [3.05, 3.63) is 0 Å². The number of rotatable bonds is 23. The van der Waals surface area contributed by atoms with E-state index in [1.807, 2.05) is 0 Å². The Morgan fingerprint density at radius 1 is 0.567 bits per heavy atom. The van der Waals surface area contributed by atoms with Gasteiger partial charge in [-0.1, -0.05) is 39.5 Å². The summed E-state index contributed by atoms with van der Waals surface area (Å²) in [4.78, 5) is 23.5. The molecular weight excluding hydrogens is 380 g/mol. The molecule has 4 N–H and O–H groups in total. The Bertz CT molecular complexity index is 359. The van der Waals surface area contributed by atoms with Crippen LogP contribution >= 0.6 is 0 Å². The molecule has 0 bridgehead atoms. The smallest absolute Gasteiger partial charge is 0.222 e. The van der Waals surface area contributed by atoms with Crippen LogP contribution in [-0.4, -0.2) is 64.3 Å². The highest BCUT2D eigenvalue weighted by atomic mass is 16.5. The molecule has 0 saturated heterocycles. The van der Waals surface area contributed by atoms with E-state index in [1.165, 1.54) is 25.7 Å². The van der Waals surface area contributed by atoms with E-state index in [4.69, 9.17) is 4.74 Å². The molecule has 0 aliphatic heterocycles. The zero-order valence-corrected chi connectivity index (χ0v) is 19.7. The molecule has 0 aromatic rings. The standard InChI is InChI=1S/C23H48N4O3/c1-3-24-16-9-5-7-11-18-26-22(28)14-13-20-30-21-15-23(29)27-19-12-8-6-10-17-25-4-2/h24-25H,3-21H2,1-2H3,(H,26,28)(H,27,29). The van der Waals surface area contributed by atoms with Gasteiger partial charge in [-0.05, 0) is 58.3 Å². The molecule has 0 fully saturated rings. The van der Waals surface area contributed by atoms with Gasteiger partial charge >= 0.3 is 0 Å². The lowest BCUT2D eigenvalue weighted by molar-refractivity contribution is -0.123. The molecule has 0 aromatic heterocycles. The van der Waals surface area contributed by atoms with Gasteiger partial charge in [0.2, 0.25) is 11.8 Å². The summed E-state index contributed by atoms with van der Waals surface area (Å²) in [5.74, 6) is 0.139. The van der Waals surface area contributed by atoms with Crippen molar-refractivity contribution in [1.82, 2.24) is 21.3 Å². The van der Waals surface area contributed by atoms with Gasteiger partial charge in [0.25, 0.3) is 0 Å². The molecule has 0 atom stereocenters. The van der Waals surface area contributed by atoms with Crippen molar-refractivity contribution >= 4 is 11.8 Å². The summed E-state index contributed by atoms with van der Waals surface area (Å²) < 4.78 is 5.47. The normalized spacial score (nSPS) is 10.9. The van der Waals surface area contributed by atoms with E-state index >= 15 is 0 Å². The largest absolute Gasteiger partial charge is 0.381 e. The predicted molar refractivity (Wildman–Crippen MR) is 125 cm³/mol. The van der Waals surface area contributed by atoms with Crippen LogP contribution in [0.3, 0.4) is 0 Å². The molecule has 0 spiro atoms. The topological polar surface area (TPSA) is 91.5 Å². The summed E-state index contributed by atoms with van der Waals surface area (Å²) in [6.07, 6.45) is 10.8. The highest BCUT2D eigenvalue weighted by Gasteiger charge is 2.03. The summed E-state index contributed by atoms with van der Waals surface area (Å²) in [5.41, 5.74) is 0. The summed E-state index contributed by atoms with van der Waals surface area (Å²) in [7, 11) is 0. The first-order valence-corrected chi connectivity index (χ1v) is 12.2. The lowest BCUT2D eigenvalue weighted by Gasteiger charge is -2.07. The van der Waals surface area contributed by atoms with Crippen LogP contribution in [0, 0.1) is 0 Å². The van der Waals surface area contributed by atoms with E-state index in [2.05, 4.69) is 35.1 Å². The molecule has 0 aliphatic carbocycles. The lowest BCUT2D eigenvalue weighted by atomic mass is 10.2. The van der Waals surface area contributed by atoms with Gasteiger partial charge in [0.1, 0.15) is 0 Å². The van der Waals surface area contributed by atoms with Gasteiger partial charge in [-0.2, -0.15) is 0 Å². The van der Waals surface area contributed by atoms with Gasteiger partial charge < -0.3 is 26.0 Å². The maximum absolute atomic E-state index is 11.8. The number of carbonyl (C=O) groups is 2. The van der Waals surface area contributed by atoms with E-state index in [0.717, 1.165) is 65.0 Å². The third-order valence-electron chi connectivity index (χ3n) is 4.87. The van der Waals surface area contributed by atoms with Crippen molar-refractivity contribution in [2.75, 3.05) is 52.5 Å². The molecule has 178 valence electrons. The molecule has 0 radical (unpaired) electrons. The summed E-state index contributed by atoms with van der Waals surface area (Å²) in [5, 5.41) is 12.5. The number of amides is 2. The minimum absolute atomic E-state index is 0.0471. The van der Waals surface area contributed by atoms with Gasteiger partial charge in [-0.25, -0.2) is 0 Å². The Hall–Kier alpha value is -1.18. The number of unbranched alkanes of at least 4 members (excludes halogenated alkanes) is 6. The van der Waals surface area contributed by atoms with Crippen LogP contribution < -0.4 is 21.3 Å². The Kier molecular flexibility index (Phi) is 23.1. The monoisotopic (exact) mass is 428 g/mol. The molecule has 0 saturated carbocycles. The second kappa shape index (κ2) is 24.1. The van der Waals surface area contributed by atoms with Crippen LogP contribution in [0.15, 0.2) is 0 Å². The Morgan fingerprint density at radius 3 is 1.53 bits per heavy atom. The molecule has 0 aliphatic rings. The van der Waals surface area contributed by atoms with Crippen LogP contribution in [0.1, 0.15) is 84.5 Å². The van der Waals surface area contributed by atoms with Crippen LogP contribution in [0.2, 0.25) is 0 Å². The minimum atomic E-state index is 0.0471. The number of ether oxygens (including phenoxy) is 1. The van der Waals surface area contributed by atoms with Crippen LogP contribution in [-0.2, 0) is 14.3 Å². The van der Waals surface area contributed by atoms with E-state index in [0.29, 0.717) is 32.5 Å². The third kappa shape index (κ3) is 23.1. The zero-order valence-electron chi connectivity index (χ0n) is 19.7. The van der Waals surface area contributed by atoms with E-state index < -0.39 is 0 Å². The van der Waals surface area contributed by atoms with Gasteiger partial charge in [0.05, 0.1) is 6.61 Å². The fourth-order valence-electron chi connectivity index (χ4n) is 3.04. The fourth-order valence-corrected chi connectivity index (χ4v) is 3.04. The third-order valence-corrected chi connectivity index (χ3v) is 4.87. The number of carbonyl (C=O) groups excluding carboxylic acids is 2. The zero-order chi connectivity index (χ0) is 22.1. The van der Waals surface area contributed by atoms with Crippen molar-refractivity contribution in [3.8, 4) is 0 Å². The Balaban J connectivity index is 3.28. The molecular formula is C23H48N4O3. The highest BCUT2D eigenvalue weighted by Crippen LogP contribution is 1.99. The average Bonchev–Trinajstić information content (AvgIpc) is 2.74. The number of hydrogen-bond donors (Lipinski definition) is 4. The first-order valence-electron chi connectivity index (χ1n) is 12.2. The lowest BCUT2D eigenvalue weighted by Crippen LogP contribution is -2.26. The van der Waals surface area contributed by atoms with Crippen molar-refractivity contribution in [2.45, 2.75) is 84.5 Å². The van der Waals surface area contributed by atoms with E-state index in [1.54, 1.807) is 0 Å². The van der Waals surface area contributed by atoms with Crippen LogP contribution in [0.4, 0.5) is 0 Å². The average molecular weight is 429 g/mol. The van der Waals surface area contributed by atoms with Gasteiger partial charge in [-0.15, -0.1) is 0 Å². The quantitative estimate of drug-likeness (QED) is 0.188. The maximum Gasteiger partial charge on any atom is 0.222 e.